The van der Waals surface area contributed by atoms with E-state index in [-0.39, 0.29) is 40.1 Å². The number of hydrogen-bond donors (Lipinski definition) is 0. The number of halogens is 2. The number of allylic oxidation sites excluding steroid dienone is 1. The van der Waals surface area contributed by atoms with E-state index in [0.717, 1.165) is 5.56 Å². The van der Waals surface area contributed by atoms with Crippen molar-refractivity contribution in [3.05, 3.63) is 81.9 Å². The first kappa shape index (κ1) is 19.7. The summed E-state index contributed by atoms with van der Waals surface area (Å²) in [5, 5.41) is 0. The minimum Gasteiger partial charge on any atom is -0.461 e. The molecule has 2 atom stereocenters. The number of ether oxygens (including phenoxy) is 1. The molecule has 0 radical (unpaired) electrons. The lowest BCUT2D eigenvalue weighted by Gasteiger charge is -2.08. The van der Waals surface area contributed by atoms with E-state index in [0.29, 0.717) is 11.1 Å². The van der Waals surface area contributed by atoms with Gasteiger partial charge in [0.25, 0.3) is 0 Å². The Morgan fingerprint density at radius 2 is 1.70 bits per heavy atom. The van der Waals surface area contributed by atoms with Gasteiger partial charge in [0.05, 0.1) is 5.92 Å². The van der Waals surface area contributed by atoms with E-state index in [4.69, 9.17) is 27.9 Å². The summed E-state index contributed by atoms with van der Waals surface area (Å²) >= 11 is 11.4. The first-order valence-electron chi connectivity index (χ1n) is 8.69. The highest BCUT2D eigenvalue weighted by atomic mass is 35.5. The molecule has 0 amide bonds. The van der Waals surface area contributed by atoms with Crippen LogP contribution in [0.2, 0.25) is 0 Å². The van der Waals surface area contributed by atoms with Crippen LogP contribution < -0.4 is 0 Å². The maximum absolute atomic E-state index is 12.5. The van der Waals surface area contributed by atoms with Gasteiger partial charge in [0, 0.05) is 11.1 Å². The van der Waals surface area contributed by atoms with Crippen LogP contribution in [-0.4, -0.2) is 11.8 Å². The second-order valence-electron chi connectivity index (χ2n) is 7.28. The van der Waals surface area contributed by atoms with Crippen LogP contribution in [0.5, 0.6) is 0 Å². The third-order valence-corrected chi connectivity index (χ3v) is 5.33. The molecule has 0 aliphatic heterocycles. The van der Waals surface area contributed by atoms with Crippen molar-refractivity contribution >= 4 is 35.0 Å². The van der Waals surface area contributed by atoms with Gasteiger partial charge in [0.2, 0.25) is 0 Å². The SMILES string of the molecule is CC1(C)[C@H](C=C(Cl)Cl)[C@H]1C(=O)OCc1cccc(C(=O)c2ccccc2)c1. The van der Waals surface area contributed by atoms with Crippen LogP contribution in [0.1, 0.15) is 35.3 Å². The number of carbonyl (C=O) groups excluding carboxylic acids is 2. The molecule has 0 bridgehead atoms. The number of esters is 1. The fraction of sp³-hybridized carbons (Fsp3) is 0.273. The summed E-state index contributed by atoms with van der Waals surface area (Å²) in [6.45, 7) is 4.08. The van der Waals surface area contributed by atoms with Crippen molar-refractivity contribution in [1.29, 1.82) is 0 Å². The summed E-state index contributed by atoms with van der Waals surface area (Å²) in [4.78, 5) is 25.0. The first-order valence-corrected chi connectivity index (χ1v) is 9.44. The average molecular weight is 403 g/mol. The topological polar surface area (TPSA) is 43.4 Å². The zero-order chi connectivity index (χ0) is 19.6. The maximum atomic E-state index is 12.5. The third-order valence-electron chi connectivity index (χ3n) is 5.08. The van der Waals surface area contributed by atoms with Crippen LogP contribution in [0.4, 0.5) is 0 Å². The Hall–Kier alpha value is -2.10. The highest BCUT2D eigenvalue weighted by molar-refractivity contribution is 6.55. The van der Waals surface area contributed by atoms with E-state index < -0.39 is 0 Å². The lowest BCUT2D eigenvalue weighted by Crippen LogP contribution is -2.11. The molecule has 5 heteroatoms. The standard InChI is InChI=1S/C22H20Cl2O3/c1-22(2)17(12-18(23)24)19(22)21(26)27-13-14-7-6-10-16(11-14)20(25)15-8-4-3-5-9-15/h3-12,17,19H,13H2,1-2H3/t17-,19+/m1/s1. The third kappa shape index (κ3) is 4.42. The Balaban J connectivity index is 1.65. The van der Waals surface area contributed by atoms with Gasteiger partial charge in [-0.05, 0) is 29.0 Å². The molecule has 0 heterocycles. The van der Waals surface area contributed by atoms with Crippen molar-refractivity contribution < 1.29 is 14.3 Å². The smallest absolute Gasteiger partial charge is 0.310 e. The van der Waals surface area contributed by atoms with Crippen molar-refractivity contribution in [1.82, 2.24) is 0 Å². The average Bonchev–Trinajstić information content (AvgIpc) is 3.19. The number of hydrogen-bond acceptors (Lipinski definition) is 3. The zero-order valence-electron chi connectivity index (χ0n) is 15.1. The fourth-order valence-electron chi connectivity index (χ4n) is 3.38. The van der Waals surface area contributed by atoms with Crippen molar-refractivity contribution in [3.8, 4) is 0 Å². The van der Waals surface area contributed by atoms with Gasteiger partial charge >= 0.3 is 5.97 Å². The molecule has 1 fully saturated rings. The van der Waals surface area contributed by atoms with Crippen LogP contribution in [0.3, 0.4) is 0 Å². The summed E-state index contributed by atoms with van der Waals surface area (Å²) in [7, 11) is 0. The van der Waals surface area contributed by atoms with Crippen LogP contribution in [0, 0.1) is 17.3 Å². The van der Waals surface area contributed by atoms with Gasteiger partial charge in [-0.15, -0.1) is 0 Å². The van der Waals surface area contributed by atoms with Gasteiger partial charge in [0.1, 0.15) is 11.1 Å². The van der Waals surface area contributed by atoms with Gasteiger partial charge in [-0.2, -0.15) is 0 Å². The highest BCUT2D eigenvalue weighted by Crippen LogP contribution is 2.60. The number of ketones is 1. The fourth-order valence-corrected chi connectivity index (χ4v) is 3.65. The van der Waals surface area contributed by atoms with Gasteiger partial charge in [-0.1, -0.05) is 85.6 Å². The van der Waals surface area contributed by atoms with Crippen molar-refractivity contribution in [3.63, 3.8) is 0 Å². The number of rotatable bonds is 6. The summed E-state index contributed by atoms with van der Waals surface area (Å²) < 4.78 is 5.64. The van der Waals surface area contributed by atoms with Crippen LogP contribution in [0.15, 0.2) is 65.2 Å². The number of carbonyl (C=O) groups is 2. The molecule has 3 rings (SSSR count). The predicted octanol–water partition coefficient (Wildman–Crippen LogP) is 5.55. The molecule has 2 aromatic carbocycles. The molecule has 1 aliphatic rings. The summed E-state index contributed by atoms with van der Waals surface area (Å²) in [6, 6.07) is 16.2. The molecule has 0 spiro atoms. The largest absolute Gasteiger partial charge is 0.461 e. The molecule has 0 unspecified atom stereocenters. The molecule has 0 N–H and O–H groups in total. The van der Waals surface area contributed by atoms with Gasteiger partial charge in [0.15, 0.2) is 5.78 Å². The van der Waals surface area contributed by atoms with Crippen molar-refractivity contribution in [2.24, 2.45) is 17.3 Å². The first-order chi connectivity index (χ1) is 12.8. The molecule has 0 aromatic heterocycles. The Bertz CT molecular complexity index is 883. The summed E-state index contributed by atoms with van der Waals surface area (Å²) in [5.74, 6) is -0.634. The van der Waals surface area contributed by atoms with Gasteiger partial charge in [-0.3, -0.25) is 9.59 Å². The lowest BCUT2D eigenvalue weighted by molar-refractivity contribution is -0.147. The minimum absolute atomic E-state index is 0.0269. The molecule has 2 aromatic rings. The van der Waals surface area contributed by atoms with Crippen LogP contribution in [-0.2, 0) is 16.1 Å². The van der Waals surface area contributed by atoms with Gasteiger partial charge < -0.3 is 4.74 Å². The zero-order valence-corrected chi connectivity index (χ0v) is 16.6. The van der Waals surface area contributed by atoms with E-state index in [2.05, 4.69) is 0 Å². The second-order valence-corrected chi connectivity index (χ2v) is 8.29. The second kappa shape index (κ2) is 7.87. The monoisotopic (exact) mass is 402 g/mol. The maximum Gasteiger partial charge on any atom is 0.310 e. The normalized spacial score (nSPS) is 19.9. The van der Waals surface area contributed by atoms with E-state index in [9.17, 15) is 9.59 Å². The van der Waals surface area contributed by atoms with Crippen LogP contribution >= 0.6 is 23.2 Å². The number of benzene rings is 2. The van der Waals surface area contributed by atoms with E-state index in [1.54, 1.807) is 36.4 Å². The molecule has 1 aliphatic carbocycles. The van der Waals surface area contributed by atoms with Crippen molar-refractivity contribution in [2.45, 2.75) is 20.5 Å². The van der Waals surface area contributed by atoms with E-state index in [1.165, 1.54) is 0 Å². The summed E-state index contributed by atoms with van der Waals surface area (Å²) in [5.41, 5.74) is 1.73. The Morgan fingerprint density at radius 1 is 1.04 bits per heavy atom. The molecule has 1 saturated carbocycles. The highest BCUT2D eigenvalue weighted by Gasteiger charge is 2.61. The molecular weight excluding hydrogens is 383 g/mol. The molecule has 0 saturated heterocycles. The Morgan fingerprint density at radius 3 is 2.37 bits per heavy atom. The van der Waals surface area contributed by atoms with Crippen molar-refractivity contribution in [2.75, 3.05) is 0 Å². The molecule has 3 nitrogen and oxygen atoms in total. The summed E-state index contributed by atoms with van der Waals surface area (Å²) in [6.07, 6.45) is 1.69. The molecular formula is C22H20Cl2O3. The van der Waals surface area contributed by atoms with E-state index in [1.807, 2.05) is 38.1 Å². The van der Waals surface area contributed by atoms with Crippen LogP contribution in [0.25, 0.3) is 0 Å². The predicted molar refractivity (Wildman–Crippen MR) is 107 cm³/mol. The Kier molecular flexibility index (Phi) is 5.73. The Labute approximate surface area is 168 Å². The molecule has 27 heavy (non-hydrogen) atoms. The molecule has 140 valence electrons. The minimum atomic E-state index is -0.282. The van der Waals surface area contributed by atoms with E-state index >= 15 is 0 Å². The quantitative estimate of drug-likeness (QED) is 0.469. The van der Waals surface area contributed by atoms with Gasteiger partial charge in [-0.25, -0.2) is 0 Å². The lowest BCUT2D eigenvalue weighted by atomic mass is 10.0.